The predicted molar refractivity (Wildman–Crippen MR) is 119 cm³/mol. The Hall–Kier alpha value is -2.13. The third-order valence-electron chi connectivity index (χ3n) is 6.98. The first-order valence-electron chi connectivity index (χ1n) is 11.1. The summed E-state index contributed by atoms with van der Waals surface area (Å²) in [6.45, 7) is 3.59. The van der Waals surface area contributed by atoms with Crippen molar-refractivity contribution in [1.82, 2.24) is 14.5 Å². The molecule has 0 radical (unpaired) electrons. The predicted octanol–water partition coefficient (Wildman–Crippen LogP) is 1.67. The lowest BCUT2D eigenvalue weighted by molar-refractivity contribution is -0.119. The van der Waals surface area contributed by atoms with Gasteiger partial charge in [-0.25, -0.2) is 12.7 Å². The Labute approximate surface area is 184 Å². The molecule has 31 heavy (non-hydrogen) atoms. The summed E-state index contributed by atoms with van der Waals surface area (Å²) >= 11 is 0. The minimum absolute atomic E-state index is 0.0420. The monoisotopic (exact) mass is 448 g/mol. The normalized spacial score (nSPS) is 21.6. The van der Waals surface area contributed by atoms with Gasteiger partial charge >= 0.3 is 0 Å². The topological polar surface area (TPSA) is 90.0 Å². The molecule has 1 aromatic rings. The number of likely N-dealkylation sites (tertiary alicyclic amines) is 1. The van der Waals surface area contributed by atoms with Gasteiger partial charge in [0.1, 0.15) is 0 Å². The third kappa shape index (κ3) is 4.30. The third-order valence-corrected chi connectivity index (χ3v) is 8.79. The Kier molecular flexibility index (Phi) is 6.00. The van der Waals surface area contributed by atoms with Crippen molar-refractivity contribution in [1.29, 1.82) is 0 Å². The molecule has 9 heteroatoms. The van der Waals surface area contributed by atoms with E-state index in [9.17, 15) is 18.0 Å². The van der Waals surface area contributed by atoms with Crippen molar-refractivity contribution < 1.29 is 18.0 Å². The molecule has 0 saturated carbocycles. The highest BCUT2D eigenvalue weighted by Gasteiger charge is 2.42. The number of carbonyl (C=O) groups is 2. The van der Waals surface area contributed by atoms with Crippen molar-refractivity contribution in [2.45, 2.75) is 43.4 Å². The van der Waals surface area contributed by atoms with Crippen LogP contribution in [0, 0.1) is 5.41 Å². The maximum Gasteiger partial charge on any atom is 0.256 e. The van der Waals surface area contributed by atoms with E-state index >= 15 is 0 Å². The fraction of sp³-hybridized carbons (Fsp3) is 0.636. The van der Waals surface area contributed by atoms with E-state index in [0.29, 0.717) is 31.6 Å². The molecule has 8 nitrogen and oxygen atoms in total. The molecule has 0 aliphatic carbocycles. The van der Waals surface area contributed by atoms with Gasteiger partial charge in [-0.05, 0) is 55.7 Å². The molecule has 3 saturated heterocycles. The Morgan fingerprint density at radius 1 is 1.06 bits per heavy atom. The molecule has 1 aromatic carbocycles. The molecular weight excluding hydrogens is 416 g/mol. The van der Waals surface area contributed by atoms with Crippen molar-refractivity contribution in [3.63, 3.8) is 0 Å². The number of amides is 2. The van der Waals surface area contributed by atoms with Gasteiger partial charge in [-0.15, -0.1) is 0 Å². The number of anilines is 1. The van der Waals surface area contributed by atoms with E-state index in [2.05, 4.69) is 10.2 Å². The molecule has 0 aromatic heterocycles. The average Bonchev–Trinajstić information content (AvgIpc) is 3.13. The zero-order chi connectivity index (χ0) is 22.2. The first-order valence-corrected chi connectivity index (χ1v) is 12.5. The Bertz CT molecular complexity index is 962. The van der Waals surface area contributed by atoms with Crippen molar-refractivity contribution in [2.75, 3.05) is 51.7 Å². The summed E-state index contributed by atoms with van der Waals surface area (Å²) < 4.78 is 26.6. The van der Waals surface area contributed by atoms with Gasteiger partial charge in [-0.1, -0.05) is 0 Å². The Morgan fingerprint density at radius 3 is 2.32 bits per heavy atom. The van der Waals surface area contributed by atoms with Crippen molar-refractivity contribution >= 4 is 27.5 Å². The van der Waals surface area contributed by atoms with E-state index in [-0.39, 0.29) is 22.1 Å². The minimum atomic E-state index is -3.64. The summed E-state index contributed by atoms with van der Waals surface area (Å²) in [6, 6.07) is 4.95. The van der Waals surface area contributed by atoms with Crippen molar-refractivity contribution in [2.24, 2.45) is 5.41 Å². The lowest BCUT2D eigenvalue weighted by Crippen LogP contribution is -2.44. The summed E-state index contributed by atoms with van der Waals surface area (Å²) in [5.74, 6) is -0.0303. The van der Waals surface area contributed by atoms with Crippen LogP contribution in [0.3, 0.4) is 0 Å². The number of carbonyl (C=O) groups excluding carboxylic acids is 2. The number of hydrogen-bond donors (Lipinski definition) is 1. The second-order valence-corrected chi connectivity index (χ2v) is 11.4. The standard InChI is InChI=1S/C22H32N4O4S/c1-24(2)31(29,30)17-6-7-19(25-10-4-3-5-11-25)18(14-17)21(28)26-12-8-22(9-13-26)15-20(27)23-16-22/h6-7,14H,3-5,8-13,15-16H2,1-2H3,(H,23,27). The van der Waals surface area contributed by atoms with Gasteiger partial charge in [-0.3, -0.25) is 9.59 Å². The van der Waals surface area contributed by atoms with Crippen LogP contribution < -0.4 is 10.2 Å². The average molecular weight is 449 g/mol. The maximum absolute atomic E-state index is 13.6. The van der Waals surface area contributed by atoms with Gasteiger partial charge in [0.15, 0.2) is 0 Å². The number of nitrogens with one attached hydrogen (secondary N) is 1. The Morgan fingerprint density at radius 2 is 1.74 bits per heavy atom. The van der Waals surface area contributed by atoms with Crippen LogP contribution in [-0.2, 0) is 14.8 Å². The van der Waals surface area contributed by atoms with Crippen LogP contribution in [0.5, 0.6) is 0 Å². The molecule has 1 N–H and O–H groups in total. The van der Waals surface area contributed by atoms with Gasteiger partial charge in [0.25, 0.3) is 5.91 Å². The molecule has 3 aliphatic rings. The molecule has 0 atom stereocenters. The van der Waals surface area contributed by atoms with Crippen molar-refractivity contribution in [3.05, 3.63) is 23.8 Å². The zero-order valence-corrected chi connectivity index (χ0v) is 19.2. The summed E-state index contributed by atoms with van der Waals surface area (Å²) in [4.78, 5) is 29.5. The quantitative estimate of drug-likeness (QED) is 0.757. The first kappa shape index (κ1) is 22.1. The van der Waals surface area contributed by atoms with Gasteiger partial charge < -0.3 is 15.1 Å². The van der Waals surface area contributed by atoms with Crippen LogP contribution in [0.25, 0.3) is 0 Å². The van der Waals surface area contributed by atoms with E-state index in [0.717, 1.165) is 44.5 Å². The van der Waals surface area contributed by atoms with Crippen LogP contribution in [-0.4, -0.2) is 76.3 Å². The molecule has 2 amide bonds. The molecule has 3 fully saturated rings. The number of hydrogen-bond acceptors (Lipinski definition) is 5. The van der Waals surface area contributed by atoms with Gasteiger partial charge in [0, 0.05) is 58.9 Å². The molecule has 0 unspecified atom stereocenters. The highest BCUT2D eigenvalue weighted by atomic mass is 32.2. The van der Waals surface area contributed by atoms with E-state index in [1.807, 2.05) is 4.90 Å². The second kappa shape index (κ2) is 8.43. The molecule has 1 spiro atoms. The fourth-order valence-electron chi connectivity index (χ4n) is 4.93. The van der Waals surface area contributed by atoms with Crippen LogP contribution in [0.15, 0.2) is 23.1 Å². The van der Waals surface area contributed by atoms with Crippen LogP contribution in [0.2, 0.25) is 0 Å². The molecule has 4 rings (SSSR count). The molecule has 170 valence electrons. The minimum Gasteiger partial charge on any atom is -0.371 e. The first-order chi connectivity index (χ1) is 14.7. The maximum atomic E-state index is 13.6. The largest absolute Gasteiger partial charge is 0.371 e. The fourth-order valence-corrected chi connectivity index (χ4v) is 5.86. The van der Waals surface area contributed by atoms with Crippen LogP contribution >= 0.6 is 0 Å². The molecular formula is C22H32N4O4S. The van der Waals surface area contributed by atoms with E-state index in [1.165, 1.54) is 24.8 Å². The molecule has 3 aliphatic heterocycles. The number of nitrogens with zero attached hydrogens (tertiary/aromatic N) is 3. The van der Waals surface area contributed by atoms with E-state index in [1.54, 1.807) is 18.2 Å². The number of rotatable bonds is 4. The number of piperidine rings is 2. The van der Waals surface area contributed by atoms with E-state index < -0.39 is 10.0 Å². The Balaban J connectivity index is 1.62. The zero-order valence-electron chi connectivity index (χ0n) is 18.4. The van der Waals surface area contributed by atoms with E-state index in [4.69, 9.17) is 0 Å². The second-order valence-electron chi connectivity index (χ2n) is 9.26. The smallest absolute Gasteiger partial charge is 0.256 e. The SMILES string of the molecule is CN(C)S(=O)(=O)c1ccc(N2CCCCC2)c(C(=O)N2CCC3(CC2)CNC(=O)C3)c1. The number of sulfonamides is 1. The van der Waals surface area contributed by atoms with Crippen LogP contribution in [0.4, 0.5) is 5.69 Å². The van der Waals surface area contributed by atoms with Gasteiger partial charge in [0.05, 0.1) is 10.5 Å². The molecule has 0 bridgehead atoms. The number of benzene rings is 1. The highest BCUT2D eigenvalue weighted by molar-refractivity contribution is 7.89. The summed E-state index contributed by atoms with van der Waals surface area (Å²) in [6.07, 6.45) is 5.41. The van der Waals surface area contributed by atoms with Crippen LogP contribution in [0.1, 0.15) is 48.9 Å². The summed E-state index contributed by atoms with van der Waals surface area (Å²) in [5.41, 5.74) is 1.24. The lowest BCUT2D eigenvalue weighted by Gasteiger charge is -2.39. The van der Waals surface area contributed by atoms with Gasteiger partial charge in [-0.2, -0.15) is 0 Å². The lowest BCUT2D eigenvalue weighted by atomic mass is 9.77. The van der Waals surface area contributed by atoms with Gasteiger partial charge in [0.2, 0.25) is 15.9 Å². The molecule has 3 heterocycles. The van der Waals surface area contributed by atoms with Crippen molar-refractivity contribution in [3.8, 4) is 0 Å². The summed E-state index contributed by atoms with van der Waals surface area (Å²) in [7, 11) is -0.644. The highest BCUT2D eigenvalue weighted by Crippen LogP contribution is 2.38. The summed E-state index contributed by atoms with van der Waals surface area (Å²) in [5, 5.41) is 2.92.